The van der Waals surface area contributed by atoms with Crippen LogP contribution in [0.25, 0.3) is 0 Å². The number of halogens is 1. The van der Waals surface area contributed by atoms with Gasteiger partial charge in [0.05, 0.1) is 11.6 Å². The van der Waals surface area contributed by atoms with E-state index in [0.29, 0.717) is 6.61 Å². The van der Waals surface area contributed by atoms with Gasteiger partial charge in [-0.25, -0.2) is 0 Å². The highest BCUT2D eigenvalue weighted by Gasteiger charge is 2.06. The van der Waals surface area contributed by atoms with E-state index in [-0.39, 0.29) is 0 Å². The molecule has 0 spiro atoms. The molecule has 4 heteroatoms. The third-order valence-corrected chi connectivity index (χ3v) is 3.81. The normalized spacial score (nSPS) is 10.5. The Morgan fingerprint density at radius 1 is 1.10 bits per heavy atom. The van der Waals surface area contributed by atoms with Gasteiger partial charge in [0, 0.05) is 12.1 Å². The highest BCUT2D eigenvalue weighted by molar-refractivity contribution is 9.10. The number of ether oxygens (including phenoxy) is 2. The van der Waals surface area contributed by atoms with Crippen LogP contribution in [0.2, 0.25) is 0 Å². The standard InChI is InChI=1S/C17H20BrNO2/c1-12-4-6-16(14(8-12)10-19-2)21-11-13-5-7-17(20-3)15(18)9-13/h4-9,19H,10-11H2,1-3H3. The average molecular weight is 350 g/mol. The summed E-state index contributed by atoms with van der Waals surface area (Å²) in [7, 11) is 3.60. The van der Waals surface area contributed by atoms with Crippen molar-refractivity contribution in [1.82, 2.24) is 5.32 Å². The van der Waals surface area contributed by atoms with Crippen LogP contribution in [0, 0.1) is 6.92 Å². The summed E-state index contributed by atoms with van der Waals surface area (Å²) in [5.41, 5.74) is 3.50. The molecule has 0 amide bonds. The van der Waals surface area contributed by atoms with Crippen LogP contribution in [0.3, 0.4) is 0 Å². The molecule has 0 aromatic heterocycles. The SMILES string of the molecule is CNCc1cc(C)ccc1OCc1ccc(OC)c(Br)c1. The summed E-state index contributed by atoms with van der Waals surface area (Å²) in [5, 5.41) is 3.17. The Balaban J connectivity index is 2.10. The number of hydrogen-bond acceptors (Lipinski definition) is 3. The molecule has 0 atom stereocenters. The van der Waals surface area contributed by atoms with Crippen molar-refractivity contribution in [3.05, 3.63) is 57.6 Å². The van der Waals surface area contributed by atoms with Gasteiger partial charge < -0.3 is 14.8 Å². The third-order valence-electron chi connectivity index (χ3n) is 3.19. The fourth-order valence-electron chi connectivity index (χ4n) is 2.14. The minimum Gasteiger partial charge on any atom is -0.496 e. The topological polar surface area (TPSA) is 30.5 Å². The van der Waals surface area contributed by atoms with Crippen LogP contribution in [0.1, 0.15) is 16.7 Å². The van der Waals surface area contributed by atoms with E-state index in [4.69, 9.17) is 9.47 Å². The number of benzene rings is 2. The zero-order valence-electron chi connectivity index (χ0n) is 12.6. The molecule has 0 radical (unpaired) electrons. The lowest BCUT2D eigenvalue weighted by molar-refractivity contribution is 0.302. The molecule has 2 aromatic rings. The van der Waals surface area contributed by atoms with Gasteiger partial charge in [-0.3, -0.25) is 0 Å². The highest BCUT2D eigenvalue weighted by atomic mass is 79.9. The molecule has 0 aliphatic heterocycles. The lowest BCUT2D eigenvalue weighted by Gasteiger charge is -2.13. The minimum absolute atomic E-state index is 0.530. The quantitative estimate of drug-likeness (QED) is 0.852. The summed E-state index contributed by atoms with van der Waals surface area (Å²) in [5.74, 6) is 1.74. The molecule has 2 aromatic carbocycles. The fourth-order valence-corrected chi connectivity index (χ4v) is 2.73. The van der Waals surface area contributed by atoms with Crippen molar-refractivity contribution in [3.63, 3.8) is 0 Å². The highest BCUT2D eigenvalue weighted by Crippen LogP contribution is 2.27. The van der Waals surface area contributed by atoms with Crippen molar-refractivity contribution >= 4 is 15.9 Å². The van der Waals surface area contributed by atoms with Gasteiger partial charge in [-0.2, -0.15) is 0 Å². The summed E-state index contributed by atoms with van der Waals surface area (Å²) < 4.78 is 12.1. The first-order valence-electron chi connectivity index (χ1n) is 6.83. The number of aryl methyl sites for hydroxylation is 1. The fraction of sp³-hybridized carbons (Fsp3) is 0.294. The molecule has 1 N–H and O–H groups in total. The molecule has 0 saturated heterocycles. The van der Waals surface area contributed by atoms with Gasteiger partial charge in [0.1, 0.15) is 18.1 Å². The van der Waals surface area contributed by atoms with E-state index in [9.17, 15) is 0 Å². The van der Waals surface area contributed by atoms with E-state index in [1.54, 1.807) is 7.11 Å². The van der Waals surface area contributed by atoms with Crippen molar-refractivity contribution in [2.75, 3.05) is 14.2 Å². The van der Waals surface area contributed by atoms with E-state index >= 15 is 0 Å². The van der Waals surface area contributed by atoms with Crippen LogP contribution in [0.4, 0.5) is 0 Å². The number of nitrogens with one attached hydrogen (secondary N) is 1. The number of rotatable bonds is 6. The Kier molecular flexibility index (Phi) is 5.65. The summed E-state index contributed by atoms with van der Waals surface area (Å²) >= 11 is 3.49. The zero-order chi connectivity index (χ0) is 15.2. The minimum atomic E-state index is 0.530. The Morgan fingerprint density at radius 3 is 2.52 bits per heavy atom. The van der Waals surface area contributed by atoms with Gasteiger partial charge in [-0.15, -0.1) is 0 Å². The van der Waals surface area contributed by atoms with E-state index < -0.39 is 0 Å². The van der Waals surface area contributed by atoms with Crippen LogP contribution in [-0.2, 0) is 13.2 Å². The second-order valence-corrected chi connectivity index (χ2v) is 5.75. The summed E-state index contributed by atoms with van der Waals surface area (Å²) in [6.07, 6.45) is 0. The average Bonchev–Trinajstić information content (AvgIpc) is 2.47. The summed E-state index contributed by atoms with van der Waals surface area (Å²) in [4.78, 5) is 0. The van der Waals surface area contributed by atoms with Crippen LogP contribution < -0.4 is 14.8 Å². The van der Waals surface area contributed by atoms with Crippen LogP contribution >= 0.6 is 15.9 Å². The van der Waals surface area contributed by atoms with Crippen molar-refractivity contribution in [2.24, 2.45) is 0 Å². The maximum absolute atomic E-state index is 5.96. The summed E-state index contributed by atoms with van der Waals surface area (Å²) in [6.45, 7) is 3.41. The lowest BCUT2D eigenvalue weighted by Crippen LogP contribution is -2.08. The molecule has 3 nitrogen and oxygen atoms in total. The Hall–Kier alpha value is -1.52. The first-order chi connectivity index (χ1) is 10.1. The Morgan fingerprint density at radius 2 is 1.86 bits per heavy atom. The van der Waals surface area contributed by atoms with Crippen LogP contribution in [-0.4, -0.2) is 14.2 Å². The molecule has 2 rings (SSSR count). The van der Waals surface area contributed by atoms with Crippen LogP contribution in [0.15, 0.2) is 40.9 Å². The smallest absolute Gasteiger partial charge is 0.133 e. The van der Waals surface area contributed by atoms with Crippen LogP contribution in [0.5, 0.6) is 11.5 Å². The third kappa shape index (κ3) is 4.22. The second kappa shape index (κ2) is 7.48. The Labute approximate surface area is 134 Å². The van der Waals surface area contributed by atoms with E-state index in [1.165, 1.54) is 11.1 Å². The molecule has 0 saturated carbocycles. The van der Waals surface area contributed by atoms with Gasteiger partial charge in [-0.05, 0) is 53.7 Å². The first kappa shape index (κ1) is 15.9. The Bertz CT molecular complexity index is 614. The van der Waals surface area contributed by atoms with Crippen molar-refractivity contribution in [2.45, 2.75) is 20.1 Å². The second-order valence-electron chi connectivity index (χ2n) is 4.90. The predicted octanol–water partition coefficient (Wildman–Crippen LogP) is 4.06. The monoisotopic (exact) mass is 349 g/mol. The first-order valence-corrected chi connectivity index (χ1v) is 7.62. The van der Waals surface area contributed by atoms with Gasteiger partial charge in [0.15, 0.2) is 0 Å². The van der Waals surface area contributed by atoms with E-state index in [0.717, 1.165) is 28.1 Å². The molecule has 0 bridgehead atoms. The molecule has 0 aliphatic rings. The number of hydrogen-bond donors (Lipinski definition) is 1. The molecule has 0 aliphatic carbocycles. The molecule has 112 valence electrons. The zero-order valence-corrected chi connectivity index (χ0v) is 14.2. The molecule has 0 unspecified atom stereocenters. The van der Waals surface area contributed by atoms with Crippen molar-refractivity contribution in [1.29, 1.82) is 0 Å². The van der Waals surface area contributed by atoms with E-state index in [2.05, 4.69) is 40.3 Å². The lowest BCUT2D eigenvalue weighted by atomic mass is 10.1. The molecule has 0 heterocycles. The molecule has 21 heavy (non-hydrogen) atoms. The number of methoxy groups -OCH3 is 1. The van der Waals surface area contributed by atoms with Crippen molar-refractivity contribution in [3.8, 4) is 11.5 Å². The summed E-state index contributed by atoms with van der Waals surface area (Å²) in [6, 6.07) is 12.2. The van der Waals surface area contributed by atoms with Gasteiger partial charge >= 0.3 is 0 Å². The maximum atomic E-state index is 5.96. The molecular weight excluding hydrogens is 330 g/mol. The maximum Gasteiger partial charge on any atom is 0.133 e. The van der Waals surface area contributed by atoms with Gasteiger partial charge in [0.25, 0.3) is 0 Å². The van der Waals surface area contributed by atoms with E-state index in [1.807, 2.05) is 31.3 Å². The van der Waals surface area contributed by atoms with Gasteiger partial charge in [0.2, 0.25) is 0 Å². The van der Waals surface area contributed by atoms with Crippen molar-refractivity contribution < 1.29 is 9.47 Å². The molecule has 0 fully saturated rings. The van der Waals surface area contributed by atoms with Gasteiger partial charge in [-0.1, -0.05) is 23.8 Å². The molecular formula is C17H20BrNO2. The largest absolute Gasteiger partial charge is 0.496 e. The predicted molar refractivity (Wildman–Crippen MR) is 89.0 cm³/mol.